The monoisotopic (exact) mass is 455 g/mol. The molecule has 6 nitrogen and oxygen atoms in total. The topological polar surface area (TPSA) is 81.2 Å². The molecule has 1 aliphatic rings. The zero-order chi connectivity index (χ0) is 21.8. The molecule has 0 bridgehead atoms. The predicted molar refractivity (Wildman–Crippen MR) is 117 cm³/mol. The van der Waals surface area contributed by atoms with E-state index in [1.807, 2.05) is 12.1 Å². The van der Waals surface area contributed by atoms with E-state index in [-0.39, 0.29) is 18.1 Å². The summed E-state index contributed by atoms with van der Waals surface area (Å²) in [6.45, 7) is 0.363. The summed E-state index contributed by atoms with van der Waals surface area (Å²) in [4.78, 5) is 32.8. The van der Waals surface area contributed by atoms with Crippen LogP contribution in [0.2, 0.25) is 10.0 Å². The van der Waals surface area contributed by atoms with E-state index in [0.29, 0.717) is 46.5 Å². The Balaban J connectivity index is 1.32. The second kappa shape index (κ2) is 9.04. The van der Waals surface area contributed by atoms with Gasteiger partial charge in [-0.15, -0.1) is 0 Å². The molecular formula is C23H19Cl2N3O3. The molecule has 1 heterocycles. The molecule has 31 heavy (non-hydrogen) atoms. The van der Waals surface area contributed by atoms with Crippen molar-refractivity contribution in [1.29, 1.82) is 0 Å². The quantitative estimate of drug-likeness (QED) is 0.469. The summed E-state index contributed by atoms with van der Waals surface area (Å²) in [6, 6.07) is 12.5. The van der Waals surface area contributed by atoms with Crippen molar-refractivity contribution in [1.82, 2.24) is 15.3 Å². The summed E-state index contributed by atoms with van der Waals surface area (Å²) in [7, 11) is 0. The molecule has 1 fully saturated rings. The summed E-state index contributed by atoms with van der Waals surface area (Å²) in [5, 5.41) is 3.72. The Morgan fingerprint density at radius 1 is 1.03 bits per heavy atom. The van der Waals surface area contributed by atoms with Gasteiger partial charge in [0.1, 0.15) is 22.8 Å². The highest BCUT2D eigenvalue weighted by Gasteiger charge is 2.50. The van der Waals surface area contributed by atoms with Gasteiger partial charge in [0.15, 0.2) is 5.78 Å². The molecule has 1 aromatic heterocycles. The van der Waals surface area contributed by atoms with Crippen LogP contribution in [0.5, 0.6) is 11.5 Å². The first-order valence-electron chi connectivity index (χ1n) is 9.74. The van der Waals surface area contributed by atoms with Crippen LogP contribution in [0.25, 0.3) is 0 Å². The Hall–Kier alpha value is -2.96. The number of hydrogen-bond donors (Lipinski definition) is 1. The molecule has 1 N–H and O–H groups in total. The van der Waals surface area contributed by atoms with Crippen LogP contribution in [0.1, 0.15) is 35.2 Å². The summed E-state index contributed by atoms with van der Waals surface area (Å²) >= 11 is 12.2. The number of nitrogens with zero attached hydrogens (tertiary/aromatic N) is 2. The highest BCUT2D eigenvalue weighted by atomic mass is 35.5. The lowest BCUT2D eigenvalue weighted by molar-refractivity contribution is -0.126. The van der Waals surface area contributed by atoms with E-state index in [1.54, 1.807) is 30.3 Å². The van der Waals surface area contributed by atoms with Gasteiger partial charge in [-0.05, 0) is 42.7 Å². The molecule has 3 aromatic rings. The highest BCUT2D eigenvalue weighted by Crippen LogP contribution is 2.49. The SMILES string of the molecule is O=C(CC1(C(=O)NCc2ccc(Oc3cccc(Cl)c3Cl)cc2)CC1)c1cncnc1. The Labute approximate surface area is 189 Å². The van der Waals surface area contributed by atoms with Gasteiger partial charge in [-0.2, -0.15) is 0 Å². The van der Waals surface area contributed by atoms with Crippen LogP contribution in [0.15, 0.2) is 61.2 Å². The smallest absolute Gasteiger partial charge is 0.226 e. The summed E-state index contributed by atoms with van der Waals surface area (Å²) < 4.78 is 5.77. The number of benzene rings is 2. The maximum absolute atomic E-state index is 12.7. The number of rotatable bonds is 8. The number of Topliss-reactive ketones (excluding diaryl/α,β-unsaturated/α-hetero) is 1. The fourth-order valence-corrected chi connectivity index (χ4v) is 3.55. The second-order valence-electron chi connectivity index (χ2n) is 7.49. The lowest BCUT2D eigenvalue weighted by Gasteiger charge is -2.15. The number of amides is 1. The number of ketones is 1. The molecule has 2 aromatic carbocycles. The number of nitrogens with one attached hydrogen (secondary N) is 1. The van der Waals surface area contributed by atoms with Gasteiger partial charge in [-0.3, -0.25) is 9.59 Å². The summed E-state index contributed by atoms with van der Waals surface area (Å²) in [6.07, 6.45) is 5.89. The van der Waals surface area contributed by atoms with Crippen molar-refractivity contribution < 1.29 is 14.3 Å². The van der Waals surface area contributed by atoms with E-state index in [2.05, 4.69) is 15.3 Å². The molecule has 0 atom stereocenters. The van der Waals surface area contributed by atoms with Crippen molar-refractivity contribution in [3.63, 3.8) is 0 Å². The van der Waals surface area contributed by atoms with Gasteiger partial charge in [0, 0.05) is 25.4 Å². The molecule has 158 valence electrons. The van der Waals surface area contributed by atoms with Crippen molar-refractivity contribution in [2.24, 2.45) is 5.41 Å². The Kier molecular flexibility index (Phi) is 6.20. The third-order valence-electron chi connectivity index (χ3n) is 5.24. The van der Waals surface area contributed by atoms with Gasteiger partial charge in [0.2, 0.25) is 5.91 Å². The molecule has 0 aliphatic heterocycles. The third kappa shape index (κ3) is 5.03. The molecule has 0 saturated heterocycles. The Bertz CT molecular complexity index is 1100. The van der Waals surface area contributed by atoms with E-state index in [0.717, 1.165) is 5.56 Å². The van der Waals surface area contributed by atoms with Gasteiger partial charge >= 0.3 is 0 Å². The van der Waals surface area contributed by atoms with Gasteiger partial charge in [0.05, 0.1) is 16.0 Å². The molecule has 1 aliphatic carbocycles. The molecule has 0 spiro atoms. The van der Waals surface area contributed by atoms with Crippen molar-refractivity contribution >= 4 is 34.9 Å². The molecule has 0 radical (unpaired) electrons. The average molecular weight is 456 g/mol. The van der Waals surface area contributed by atoms with Crippen LogP contribution in [0, 0.1) is 5.41 Å². The van der Waals surface area contributed by atoms with Crippen molar-refractivity contribution in [2.75, 3.05) is 0 Å². The Morgan fingerprint density at radius 2 is 1.74 bits per heavy atom. The van der Waals surface area contributed by atoms with Crippen molar-refractivity contribution in [3.05, 3.63) is 82.4 Å². The highest BCUT2D eigenvalue weighted by molar-refractivity contribution is 6.42. The van der Waals surface area contributed by atoms with Gasteiger partial charge in [0.25, 0.3) is 0 Å². The fraction of sp³-hybridized carbons (Fsp3) is 0.217. The standard InChI is InChI=1S/C23H19Cl2N3O3/c24-18-2-1-3-20(21(18)25)31-17-6-4-15(5-7-17)11-28-22(30)23(8-9-23)10-19(29)16-12-26-14-27-13-16/h1-7,12-14H,8-11H2,(H,28,30). The normalized spacial score (nSPS) is 14.0. The van der Waals surface area contributed by atoms with Crippen LogP contribution < -0.4 is 10.1 Å². The molecule has 4 rings (SSSR count). The van der Waals surface area contributed by atoms with Crippen LogP contribution >= 0.6 is 23.2 Å². The van der Waals surface area contributed by atoms with E-state index in [4.69, 9.17) is 27.9 Å². The zero-order valence-electron chi connectivity index (χ0n) is 16.5. The van der Waals surface area contributed by atoms with Crippen molar-refractivity contribution in [3.8, 4) is 11.5 Å². The number of carbonyl (C=O) groups is 2. The molecular weight excluding hydrogens is 437 g/mol. The van der Waals surface area contributed by atoms with Crippen LogP contribution in [0.3, 0.4) is 0 Å². The first-order valence-corrected chi connectivity index (χ1v) is 10.5. The molecule has 1 saturated carbocycles. The van der Waals surface area contributed by atoms with Crippen LogP contribution in [-0.4, -0.2) is 21.7 Å². The fourth-order valence-electron chi connectivity index (χ4n) is 3.22. The van der Waals surface area contributed by atoms with Gasteiger partial charge in [-0.25, -0.2) is 9.97 Å². The molecule has 8 heteroatoms. The lowest BCUT2D eigenvalue weighted by Crippen LogP contribution is -2.33. The largest absolute Gasteiger partial charge is 0.456 e. The lowest BCUT2D eigenvalue weighted by atomic mass is 9.95. The number of hydrogen-bond acceptors (Lipinski definition) is 5. The third-order valence-corrected chi connectivity index (χ3v) is 6.04. The maximum atomic E-state index is 12.7. The van der Waals surface area contributed by atoms with E-state index < -0.39 is 5.41 Å². The van der Waals surface area contributed by atoms with Gasteiger partial charge < -0.3 is 10.1 Å². The van der Waals surface area contributed by atoms with Crippen LogP contribution in [-0.2, 0) is 11.3 Å². The molecule has 1 amide bonds. The second-order valence-corrected chi connectivity index (χ2v) is 8.27. The Morgan fingerprint density at radius 3 is 2.42 bits per heavy atom. The van der Waals surface area contributed by atoms with E-state index in [9.17, 15) is 9.59 Å². The minimum Gasteiger partial charge on any atom is -0.456 e. The number of carbonyl (C=O) groups excluding carboxylic acids is 2. The summed E-state index contributed by atoms with van der Waals surface area (Å²) in [5.41, 5.74) is 0.715. The van der Waals surface area contributed by atoms with Crippen LogP contribution in [0.4, 0.5) is 0 Å². The van der Waals surface area contributed by atoms with E-state index >= 15 is 0 Å². The maximum Gasteiger partial charge on any atom is 0.226 e. The van der Waals surface area contributed by atoms with E-state index in [1.165, 1.54) is 18.7 Å². The zero-order valence-corrected chi connectivity index (χ0v) is 18.0. The predicted octanol–water partition coefficient (Wildman–Crippen LogP) is 5.25. The minimum absolute atomic E-state index is 0.108. The summed E-state index contributed by atoms with van der Waals surface area (Å²) in [5.74, 6) is 0.853. The molecule has 0 unspecified atom stereocenters. The first-order chi connectivity index (χ1) is 15.0. The number of halogens is 2. The average Bonchev–Trinajstić information content (AvgIpc) is 3.57. The van der Waals surface area contributed by atoms with Gasteiger partial charge in [-0.1, -0.05) is 41.4 Å². The first kappa shape index (κ1) is 21.3. The number of ether oxygens (including phenoxy) is 1. The minimum atomic E-state index is -0.626. The van der Waals surface area contributed by atoms with Crippen molar-refractivity contribution in [2.45, 2.75) is 25.8 Å². The number of aromatic nitrogens is 2.